The van der Waals surface area contributed by atoms with Crippen LogP contribution in [0.5, 0.6) is 0 Å². The van der Waals surface area contributed by atoms with Crippen molar-refractivity contribution in [3.63, 3.8) is 0 Å². The van der Waals surface area contributed by atoms with E-state index in [2.05, 4.69) is 37.0 Å². The van der Waals surface area contributed by atoms with Crippen LogP contribution >= 0.6 is 0 Å². The Morgan fingerprint density at radius 1 is 1.33 bits per heavy atom. The van der Waals surface area contributed by atoms with Gasteiger partial charge in [-0.25, -0.2) is 0 Å². The minimum Gasteiger partial charge on any atom is -0.358 e. The molecule has 1 aromatic heterocycles. The number of aryl methyl sites for hydroxylation is 2. The Morgan fingerprint density at radius 2 is 2.13 bits per heavy atom. The lowest BCUT2D eigenvalue weighted by Crippen LogP contribution is -2.04. The first-order chi connectivity index (χ1) is 7.27. The second-order valence-electron chi connectivity index (χ2n) is 3.97. The summed E-state index contributed by atoms with van der Waals surface area (Å²) in [5.74, 6) is 0. The third-order valence-electron chi connectivity index (χ3n) is 2.97. The minimum atomic E-state index is 0.717. The Hall–Kier alpha value is -1.28. The maximum Gasteiger partial charge on any atom is 0.0461 e. The molecule has 0 saturated heterocycles. The highest BCUT2D eigenvalue weighted by atomic mass is 14.7. The van der Waals surface area contributed by atoms with Crippen molar-refractivity contribution in [1.82, 2.24) is 4.98 Å². The molecule has 0 aliphatic heterocycles. The Kier molecular flexibility index (Phi) is 2.78. The van der Waals surface area contributed by atoms with Crippen molar-refractivity contribution in [2.45, 2.75) is 26.7 Å². The van der Waals surface area contributed by atoms with Gasteiger partial charge in [-0.05, 0) is 43.5 Å². The number of H-pyrrole nitrogens is 1. The standard InChI is InChI=1S/C13H18N2/c1-3-11-10(7-8-14)13-9(2)5-4-6-12(13)15-11/h4-6,15H,3,7-8,14H2,1-2H3. The maximum absolute atomic E-state index is 5.67. The van der Waals surface area contributed by atoms with Crippen LogP contribution in [0.1, 0.15) is 23.7 Å². The second-order valence-corrected chi connectivity index (χ2v) is 3.97. The van der Waals surface area contributed by atoms with Gasteiger partial charge in [-0.3, -0.25) is 0 Å². The van der Waals surface area contributed by atoms with E-state index in [0.717, 1.165) is 12.8 Å². The molecule has 1 aromatic carbocycles. The van der Waals surface area contributed by atoms with Gasteiger partial charge < -0.3 is 10.7 Å². The first-order valence-electron chi connectivity index (χ1n) is 5.57. The Balaban J connectivity index is 2.70. The number of aromatic nitrogens is 1. The summed E-state index contributed by atoms with van der Waals surface area (Å²) in [5, 5.41) is 1.37. The normalized spacial score (nSPS) is 11.1. The van der Waals surface area contributed by atoms with E-state index in [1.54, 1.807) is 0 Å². The van der Waals surface area contributed by atoms with Crippen LogP contribution in [0.15, 0.2) is 18.2 Å². The number of rotatable bonds is 3. The predicted octanol–water partition coefficient (Wildman–Crippen LogP) is 2.54. The van der Waals surface area contributed by atoms with Gasteiger partial charge in [-0.2, -0.15) is 0 Å². The van der Waals surface area contributed by atoms with E-state index < -0.39 is 0 Å². The summed E-state index contributed by atoms with van der Waals surface area (Å²) < 4.78 is 0. The van der Waals surface area contributed by atoms with Gasteiger partial charge in [-0.1, -0.05) is 19.1 Å². The smallest absolute Gasteiger partial charge is 0.0461 e. The molecule has 2 heteroatoms. The fourth-order valence-electron chi connectivity index (χ4n) is 2.28. The Morgan fingerprint density at radius 3 is 2.80 bits per heavy atom. The molecule has 15 heavy (non-hydrogen) atoms. The molecule has 0 spiro atoms. The highest BCUT2D eigenvalue weighted by molar-refractivity contribution is 5.87. The summed E-state index contributed by atoms with van der Waals surface area (Å²) in [5.41, 5.74) is 11.0. The van der Waals surface area contributed by atoms with E-state index in [0.29, 0.717) is 6.54 Å². The van der Waals surface area contributed by atoms with Gasteiger partial charge in [-0.15, -0.1) is 0 Å². The summed E-state index contributed by atoms with van der Waals surface area (Å²) in [6.45, 7) is 5.06. The highest BCUT2D eigenvalue weighted by Crippen LogP contribution is 2.26. The van der Waals surface area contributed by atoms with Crippen LogP contribution in [0.2, 0.25) is 0 Å². The fraction of sp³-hybridized carbons (Fsp3) is 0.385. The van der Waals surface area contributed by atoms with Crippen LogP contribution in [-0.4, -0.2) is 11.5 Å². The molecule has 2 aromatic rings. The van der Waals surface area contributed by atoms with Gasteiger partial charge in [0.1, 0.15) is 0 Å². The highest BCUT2D eigenvalue weighted by Gasteiger charge is 2.10. The molecule has 3 N–H and O–H groups in total. The summed E-state index contributed by atoms with van der Waals surface area (Å²) in [6, 6.07) is 6.40. The van der Waals surface area contributed by atoms with Crippen LogP contribution < -0.4 is 5.73 Å². The predicted molar refractivity (Wildman–Crippen MR) is 65.2 cm³/mol. The van der Waals surface area contributed by atoms with Crippen molar-refractivity contribution in [2.75, 3.05) is 6.54 Å². The number of nitrogens with two attached hydrogens (primary N) is 1. The molecule has 0 bridgehead atoms. The van der Waals surface area contributed by atoms with Crippen LogP contribution in [-0.2, 0) is 12.8 Å². The van der Waals surface area contributed by atoms with Crippen molar-refractivity contribution in [1.29, 1.82) is 0 Å². The first-order valence-corrected chi connectivity index (χ1v) is 5.57. The zero-order chi connectivity index (χ0) is 10.8. The molecule has 0 amide bonds. The molecular formula is C13H18N2. The lowest BCUT2D eigenvalue weighted by molar-refractivity contribution is 0.936. The number of hydrogen-bond donors (Lipinski definition) is 2. The topological polar surface area (TPSA) is 41.8 Å². The van der Waals surface area contributed by atoms with Crippen LogP contribution in [0.3, 0.4) is 0 Å². The quantitative estimate of drug-likeness (QED) is 0.789. The van der Waals surface area contributed by atoms with Crippen molar-refractivity contribution in [3.05, 3.63) is 35.0 Å². The number of hydrogen-bond acceptors (Lipinski definition) is 1. The monoisotopic (exact) mass is 202 g/mol. The fourth-order valence-corrected chi connectivity index (χ4v) is 2.28. The Labute approximate surface area is 90.5 Å². The molecular weight excluding hydrogens is 184 g/mol. The molecule has 0 radical (unpaired) electrons. The summed E-state index contributed by atoms with van der Waals surface area (Å²) in [7, 11) is 0. The zero-order valence-corrected chi connectivity index (χ0v) is 9.43. The lowest BCUT2D eigenvalue weighted by atomic mass is 10.0. The van der Waals surface area contributed by atoms with Crippen molar-refractivity contribution in [2.24, 2.45) is 5.73 Å². The largest absolute Gasteiger partial charge is 0.358 e. The van der Waals surface area contributed by atoms with Gasteiger partial charge in [0.05, 0.1) is 0 Å². The molecule has 1 heterocycles. The number of nitrogens with one attached hydrogen (secondary N) is 1. The SMILES string of the molecule is CCc1[nH]c2cccc(C)c2c1CCN. The second kappa shape index (κ2) is 4.07. The molecule has 0 aliphatic carbocycles. The van der Waals surface area contributed by atoms with E-state index in [1.165, 1.54) is 27.7 Å². The number of fused-ring (bicyclic) bond motifs is 1. The van der Waals surface area contributed by atoms with Crippen LogP contribution in [0.4, 0.5) is 0 Å². The van der Waals surface area contributed by atoms with Crippen molar-refractivity contribution >= 4 is 10.9 Å². The van der Waals surface area contributed by atoms with E-state index in [1.807, 2.05) is 0 Å². The van der Waals surface area contributed by atoms with Crippen molar-refractivity contribution in [3.8, 4) is 0 Å². The third-order valence-corrected chi connectivity index (χ3v) is 2.97. The molecule has 0 fully saturated rings. The van der Waals surface area contributed by atoms with E-state index in [-0.39, 0.29) is 0 Å². The van der Waals surface area contributed by atoms with Crippen molar-refractivity contribution < 1.29 is 0 Å². The van der Waals surface area contributed by atoms with E-state index >= 15 is 0 Å². The summed E-state index contributed by atoms with van der Waals surface area (Å²) in [4.78, 5) is 3.48. The maximum atomic E-state index is 5.67. The molecule has 2 rings (SSSR count). The van der Waals surface area contributed by atoms with E-state index in [4.69, 9.17) is 5.73 Å². The summed E-state index contributed by atoms with van der Waals surface area (Å²) in [6.07, 6.45) is 2.01. The average molecular weight is 202 g/mol. The number of benzene rings is 1. The molecule has 0 aliphatic rings. The van der Waals surface area contributed by atoms with Crippen LogP contribution in [0.25, 0.3) is 10.9 Å². The Bertz CT molecular complexity index is 469. The lowest BCUT2D eigenvalue weighted by Gasteiger charge is -2.02. The number of aromatic amines is 1. The van der Waals surface area contributed by atoms with Gasteiger partial charge >= 0.3 is 0 Å². The van der Waals surface area contributed by atoms with Gasteiger partial charge in [0, 0.05) is 16.6 Å². The first kappa shape index (κ1) is 10.2. The molecule has 0 atom stereocenters. The molecule has 80 valence electrons. The van der Waals surface area contributed by atoms with Crippen LogP contribution in [0, 0.1) is 6.92 Å². The van der Waals surface area contributed by atoms with Gasteiger partial charge in [0.15, 0.2) is 0 Å². The minimum absolute atomic E-state index is 0.717. The van der Waals surface area contributed by atoms with Gasteiger partial charge in [0.2, 0.25) is 0 Å². The zero-order valence-electron chi connectivity index (χ0n) is 9.43. The van der Waals surface area contributed by atoms with E-state index in [9.17, 15) is 0 Å². The average Bonchev–Trinajstić information content (AvgIpc) is 2.58. The summed E-state index contributed by atoms with van der Waals surface area (Å²) >= 11 is 0. The molecule has 2 nitrogen and oxygen atoms in total. The molecule has 0 saturated carbocycles. The third kappa shape index (κ3) is 1.65. The molecule has 0 unspecified atom stereocenters. The van der Waals surface area contributed by atoms with Gasteiger partial charge in [0.25, 0.3) is 0 Å².